The number of H-pyrrole nitrogens is 1. The molecule has 8 rings (SSSR count). The topological polar surface area (TPSA) is 41.6 Å². The Bertz CT molecular complexity index is 1910. The molecule has 0 aliphatic rings. The van der Waals surface area contributed by atoms with Crippen molar-refractivity contribution in [1.82, 2.24) is 12.9 Å². The molecule has 0 aliphatic heterocycles. The molecule has 0 bridgehead atoms. The number of rotatable bonds is 1. The van der Waals surface area contributed by atoms with Crippen LogP contribution in [-0.2, 0) is 0 Å². The van der Waals surface area contributed by atoms with E-state index >= 15 is 0 Å². The van der Waals surface area contributed by atoms with Gasteiger partial charge in [-0.2, -0.15) is 0 Å². The molecule has 0 amide bonds. The van der Waals surface area contributed by atoms with Crippen molar-refractivity contribution < 1.29 is 0 Å². The number of benzene rings is 6. The van der Waals surface area contributed by atoms with Gasteiger partial charge in [0.1, 0.15) is 0 Å². The third kappa shape index (κ3) is 1.70. The van der Waals surface area contributed by atoms with E-state index in [4.69, 9.17) is 3.98 Å². The zero-order valence-electron chi connectivity index (χ0n) is 15.7. The molecule has 30 heavy (non-hydrogen) atoms. The van der Waals surface area contributed by atoms with Crippen molar-refractivity contribution >= 4 is 80.1 Å². The molecule has 2 heterocycles. The first kappa shape index (κ1) is 15.4. The standard InChI is InChI=1S/C26H13N3Se/c1-4-13-10-11-19-23-21(13)15(6-1)16-7-2-5-14-12-18(26(27-19)24(23)22(14)16)17-8-3-9-20-25(17)29-30-28-20/h1-12,27H. The van der Waals surface area contributed by atoms with Crippen molar-refractivity contribution in [3.05, 3.63) is 72.8 Å². The number of aromatic amines is 1. The summed E-state index contributed by atoms with van der Waals surface area (Å²) < 4.78 is 9.36. The van der Waals surface area contributed by atoms with Crippen LogP contribution < -0.4 is 0 Å². The van der Waals surface area contributed by atoms with Crippen LogP contribution in [0.25, 0.3) is 76.3 Å². The summed E-state index contributed by atoms with van der Waals surface area (Å²) in [6.45, 7) is 0. The number of nitrogens with zero attached hydrogens (tertiary/aromatic N) is 2. The van der Waals surface area contributed by atoms with Gasteiger partial charge in [-0.3, -0.25) is 0 Å². The first-order valence-corrected chi connectivity index (χ1v) is 11.6. The summed E-state index contributed by atoms with van der Waals surface area (Å²) in [5, 5.41) is 10.6. The van der Waals surface area contributed by atoms with Crippen LogP contribution >= 0.6 is 0 Å². The third-order valence-corrected chi connectivity index (χ3v) is 7.73. The minimum atomic E-state index is -0.0431. The number of fused-ring (bicyclic) bond motifs is 2. The molecule has 138 valence electrons. The van der Waals surface area contributed by atoms with E-state index in [0.717, 1.165) is 11.0 Å². The van der Waals surface area contributed by atoms with Crippen molar-refractivity contribution in [3.63, 3.8) is 0 Å². The quantitative estimate of drug-likeness (QED) is 0.182. The molecule has 0 atom stereocenters. The molecule has 2 aromatic heterocycles. The Morgan fingerprint density at radius 3 is 2.33 bits per heavy atom. The summed E-state index contributed by atoms with van der Waals surface area (Å²) in [4.78, 5) is 3.78. The summed E-state index contributed by atoms with van der Waals surface area (Å²) in [5.74, 6) is 0. The maximum absolute atomic E-state index is 4.76. The Morgan fingerprint density at radius 2 is 1.43 bits per heavy atom. The summed E-state index contributed by atoms with van der Waals surface area (Å²) in [5.41, 5.74) is 6.85. The van der Waals surface area contributed by atoms with Crippen LogP contribution in [0.3, 0.4) is 0 Å². The Balaban J connectivity index is 1.72. The van der Waals surface area contributed by atoms with Gasteiger partial charge in [-0.25, -0.2) is 0 Å². The van der Waals surface area contributed by atoms with E-state index in [1.165, 1.54) is 65.3 Å². The van der Waals surface area contributed by atoms with E-state index < -0.39 is 0 Å². The number of nitrogens with one attached hydrogen (secondary N) is 1. The second-order valence-corrected chi connectivity index (χ2v) is 9.14. The number of aromatic nitrogens is 3. The number of hydrogen-bond acceptors (Lipinski definition) is 2. The summed E-state index contributed by atoms with van der Waals surface area (Å²) in [6, 6.07) is 26.5. The molecule has 0 saturated carbocycles. The molecule has 0 unspecified atom stereocenters. The zero-order valence-corrected chi connectivity index (χ0v) is 17.4. The Kier molecular flexibility index (Phi) is 2.65. The Hall–Kier alpha value is -3.46. The normalized spacial score (nSPS) is 12.7. The maximum atomic E-state index is 4.76. The van der Waals surface area contributed by atoms with Crippen LogP contribution in [0.1, 0.15) is 0 Å². The summed E-state index contributed by atoms with van der Waals surface area (Å²) in [6.07, 6.45) is 0. The molecule has 8 aromatic rings. The van der Waals surface area contributed by atoms with Gasteiger partial charge in [0.05, 0.1) is 0 Å². The van der Waals surface area contributed by atoms with Gasteiger partial charge < -0.3 is 0 Å². The van der Waals surface area contributed by atoms with Crippen LogP contribution in [0.5, 0.6) is 0 Å². The van der Waals surface area contributed by atoms with Crippen LogP contribution in [0.4, 0.5) is 0 Å². The van der Waals surface area contributed by atoms with Crippen LogP contribution in [0.2, 0.25) is 0 Å². The predicted molar refractivity (Wildman–Crippen MR) is 126 cm³/mol. The minimum absolute atomic E-state index is 0.0431. The van der Waals surface area contributed by atoms with Gasteiger partial charge in [-0.15, -0.1) is 0 Å². The van der Waals surface area contributed by atoms with E-state index in [9.17, 15) is 0 Å². The van der Waals surface area contributed by atoms with E-state index in [1.54, 1.807) is 0 Å². The molecule has 0 aliphatic carbocycles. The van der Waals surface area contributed by atoms with E-state index in [0.29, 0.717) is 0 Å². The van der Waals surface area contributed by atoms with Gasteiger partial charge in [0.2, 0.25) is 0 Å². The molecular formula is C26H13N3Se. The molecular weight excluding hydrogens is 433 g/mol. The fourth-order valence-corrected chi connectivity index (χ4v) is 6.55. The van der Waals surface area contributed by atoms with Crippen molar-refractivity contribution in [2.24, 2.45) is 0 Å². The van der Waals surface area contributed by atoms with Crippen molar-refractivity contribution in [3.8, 4) is 11.1 Å². The van der Waals surface area contributed by atoms with Crippen LogP contribution in [-0.4, -0.2) is 27.9 Å². The van der Waals surface area contributed by atoms with Crippen molar-refractivity contribution in [2.75, 3.05) is 0 Å². The Morgan fingerprint density at radius 1 is 0.633 bits per heavy atom. The van der Waals surface area contributed by atoms with Crippen molar-refractivity contribution in [2.45, 2.75) is 0 Å². The molecule has 0 radical (unpaired) electrons. The Labute approximate surface area is 176 Å². The molecule has 0 spiro atoms. The third-order valence-electron chi connectivity index (χ3n) is 6.59. The van der Waals surface area contributed by atoms with E-state index in [1.807, 2.05) is 0 Å². The fourth-order valence-electron chi connectivity index (χ4n) is 5.40. The average Bonchev–Trinajstić information content (AvgIpc) is 3.42. The monoisotopic (exact) mass is 447 g/mol. The fraction of sp³-hybridized carbons (Fsp3) is 0. The molecule has 6 aromatic carbocycles. The molecule has 1 N–H and O–H groups in total. The predicted octanol–water partition coefficient (Wildman–Crippen LogP) is 6.32. The summed E-state index contributed by atoms with van der Waals surface area (Å²) in [7, 11) is 0. The van der Waals surface area contributed by atoms with Crippen molar-refractivity contribution in [1.29, 1.82) is 0 Å². The SMILES string of the molecule is c1cc(-c2cc3cccc4c5cccc6ccc7[nH]c2c(c34)c7c65)c2n[se]nc2c1. The average molecular weight is 446 g/mol. The van der Waals surface area contributed by atoms with Gasteiger partial charge in [-0.1, -0.05) is 0 Å². The second-order valence-electron chi connectivity index (χ2n) is 8.03. The first-order valence-electron chi connectivity index (χ1n) is 10.0. The molecule has 0 fully saturated rings. The zero-order chi connectivity index (χ0) is 19.4. The second kappa shape index (κ2) is 5.17. The first-order chi connectivity index (χ1) is 14.9. The van der Waals surface area contributed by atoms with Gasteiger partial charge in [-0.05, 0) is 0 Å². The van der Waals surface area contributed by atoms with Gasteiger partial charge >= 0.3 is 177 Å². The van der Waals surface area contributed by atoms with Gasteiger partial charge in [0.15, 0.2) is 0 Å². The summed E-state index contributed by atoms with van der Waals surface area (Å²) >= 11 is -0.0431. The molecule has 4 heteroatoms. The van der Waals surface area contributed by atoms with Crippen LogP contribution in [0, 0.1) is 0 Å². The number of hydrogen-bond donors (Lipinski definition) is 1. The van der Waals surface area contributed by atoms with Gasteiger partial charge in [0, 0.05) is 0 Å². The van der Waals surface area contributed by atoms with E-state index in [-0.39, 0.29) is 15.0 Å². The molecule has 3 nitrogen and oxygen atoms in total. The van der Waals surface area contributed by atoms with E-state index in [2.05, 4.69) is 81.8 Å². The van der Waals surface area contributed by atoms with Gasteiger partial charge in [0.25, 0.3) is 0 Å². The van der Waals surface area contributed by atoms with Crippen LogP contribution in [0.15, 0.2) is 72.8 Å². The molecule has 0 saturated heterocycles.